The summed E-state index contributed by atoms with van der Waals surface area (Å²) in [5.41, 5.74) is 8.99. The second-order valence-corrected chi connectivity index (χ2v) is 8.10. The number of nitrogens with one attached hydrogen (secondary N) is 1. The molecule has 34 heavy (non-hydrogen) atoms. The van der Waals surface area contributed by atoms with Gasteiger partial charge in [0.05, 0.1) is 28.1 Å². The minimum Gasteiger partial charge on any atom is -0.382 e. The maximum absolute atomic E-state index is 13.8. The van der Waals surface area contributed by atoms with Crippen LogP contribution in [0.1, 0.15) is 41.6 Å². The zero-order valence-electron chi connectivity index (χ0n) is 18.9. The summed E-state index contributed by atoms with van der Waals surface area (Å²) in [4.78, 5) is 31.9. The molecule has 3 aromatic heterocycles. The number of amides is 1. The Bertz CT molecular complexity index is 1590. The molecule has 0 unspecified atom stereocenters. The lowest BCUT2D eigenvalue weighted by molar-refractivity contribution is 0.0940. The number of nitrogens with zero attached hydrogens (tertiary/aromatic N) is 4. The molecule has 8 heteroatoms. The van der Waals surface area contributed by atoms with Gasteiger partial charge in [-0.1, -0.05) is 43.3 Å². The van der Waals surface area contributed by atoms with E-state index in [0.29, 0.717) is 34.4 Å². The summed E-state index contributed by atoms with van der Waals surface area (Å²) in [6.45, 7) is 3.81. The number of nitrogen functional groups attached to an aromatic ring is 1. The van der Waals surface area contributed by atoms with E-state index in [9.17, 15) is 9.59 Å². The number of anilines is 1. The molecule has 0 aliphatic rings. The van der Waals surface area contributed by atoms with Crippen molar-refractivity contribution in [2.45, 2.75) is 26.3 Å². The third kappa shape index (κ3) is 3.49. The largest absolute Gasteiger partial charge is 0.382 e. The number of aromatic nitrogens is 4. The number of hydrogen-bond donors (Lipinski definition) is 2. The van der Waals surface area contributed by atoms with Gasteiger partial charge in [0.25, 0.3) is 11.5 Å². The highest BCUT2D eigenvalue weighted by atomic mass is 16.2. The van der Waals surface area contributed by atoms with Gasteiger partial charge in [0.15, 0.2) is 5.82 Å². The summed E-state index contributed by atoms with van der Waals surface area (Å²) >= 11 is 0. The van der Waals surface area contributed by atoms with Crippen LogP contribution in [0.25, 0.3) is 22.1 Å². The van der Waals surface area contributed by atoms with Crippen molar-refractivity contribution in [3.05, 3.63) is 100 Å². The van der Waals surface area contributed by atoms with E-state index < -0.39 is 6.04 Å². The van der Waals surface area contributed by atoms with Gasteiger partial charge < -0.3 is 11.1 Å². The topological polar surface area (TPSA) is 107 Å². The zero-order chi connectivity index (χ0) is 23.8. The van der Waals surface area contributed by atoms with Crippen LogP contribution in [-0.2, 0) is 6.42 Å². The Balaban J connectivity index is 1.64. The fraction of sp³-hybridized carbons (Fsp3) is 0.154. The standard InChI is InChI=1S/C26H24N6O2/c1-3-17-10-9-13-19-21(17)26(34)32(18-11-5-4-6-12-18)24(29-19)16(2)28-25(33)22-20-14-7-8-15-31(20)30-23(22)27/h4-16H,3H2,1-2H3,(H2,27,30)(H,28,33)/t16-/m0/s1. The molecule has 0 aliphatic heterocycles. The number of carbonyl (C=O) groups excluding carboxylic acids is 1. The molecule has 8 nitrogen and oxygen atoms in total. The fourth-order valence-corrected chi connectivity index (χ4v) is 4.31. The Morgan fingerprint density at radius 3 is 2.59 bits per heavy atom. The summed E-state index contributed by atoms with van der Waals surface area (Å²) in [7, 11) is 0. The quantitative estimate of drug-likeness (QED) is 0.423. The van der Waals surface area contributed by atoms with E-state index in [1.807, 2.05) is 67.6 Å². The summed E-state index contributed by atoms with van der Waals surface area (Å²) in [5, 5.41) is 7.77. The number of benzene rings is 2. The molecule has 5 rings (SSSR count). The van der Waals surface area contributed by atoms with Crippen molar-refractivity contribution in [1.29, 1.82) is 0 Å². The van der Waals surface area contributed by atoms with Gasteiger partial charge in [-0.25, -0.2) is 9.50 Å². The van der Waals surface area contributed by atoms with Crippen LogP contribution >= 0.6 is 0 Å². The number of rotatable bonds is 5. The van der Waals surface area contributed by atoms with Gasteiger partial charge in [-0.3, -0.25) is 14.2 Å². The maximum Gasteiger partial charge on any atom is 0.266 e. The van der Waals surface area contributed by atoms with Gasteiger partial charge in [0.1, 0.15) is 11.4 Å². The SMILES string of the molecule is CCc1cccc2nc([C@H](C)NC(=O)c3c(N)nn4ccccc34)n(-c3ccccc3)c(=O)c12. The average molecular weight is 453 g/mol. The summed E-state index contributed by atoms with van der Waals surface area (Å²) in [6.07, 6.45) is 2.44. The Morgan fingerprint density at radius 2 is 1.82 bits per heavy atom. The molecule has 0 aliphatic carbocycles. The smallest absolute Gasteiger partial charge is 0.266 e. The van der Waals surface area contributed by atoms with Crippen LogP contribution in [0.15, 0.2) is 77.7 Å². The predicted octanol–water partition coefficient (Wildman–Crippen LogP) is 3.67. The highest BCUT2D eigenvalue weighted by Gasteiger charge is 2.24. The minimum atomic E-state index is -0.590. The maximum atomic E-state index is 13.8. The molecule has 2 aromatic carbocycles. The molecule has 0 fully saturated rings. The zero-order valence-corrected chi connectivity index (χ0v) is 18.9. The lowest BCUT2D eigenvalue weighted by Gasteiger charge is -2.20. The van der Waals surface area contributed by atoms with Gasteiger partial charge in [-0.2, -0.15) is 0 Å². The molecule has 0 saturated heterocycles. The summed E-state index contributed by atoms with van der Waals surface area (Å²) in [6, 6.07) is 19.8. The van der Waals surface area contributed by atoms with E-state index in [0.717, 1.165) is 5.56 Å². The van der Waals surface area contributed by atoms with Crippen molar-refractivity contribution in [3.8, 4) is 5.69 Å². The van der Waals surface area contributed by atoms with Crippen molar-refractivity contribution < 1.29 is 4.79 Å². The van der Waals surface area contributed by atoms with Crippen LogP contribution in [0.5, 0.6) is 0 Å². The van der Waals surface area contributed by atoms with Gasteiger partial charge in [-0.15, -0.1) is 5.10 Å². The number of aryl methyl sites for hydroxylation is 1. The molecule has 0 spiro atoms. The fourth-order valence-electron chi connectivity index (χ4n) is 4.31. The summed E-state index contributed by atoms with van der Waals surface area (Å²) < 4.78 is 3.14. The van der Waals surface area contributed by atoms with Crippen molar-refractivity contribution >= 4 is 28.1 Å². The highest BCUT2D eigenvalue weighted by Crippen LogP contribution is 2.23. The Labute approximate surface area is 195 Å². The molecule has 5 aromatic rings. The van der Waals surface area contributed by atoms with Crippen molar-refractivity contribution in [1.82, 2.24) is 24.5 Å². The molecular weight excluding hydrogens is 428 g/mol. The van der Waals surface area contributed by atoms with Gasteiger partial charge in [0.2, 0.25) is 0 Å². The van der Waals surface area contributed by atoms with Crippen LogP contribution in [0.4, 0.5) is 5.82 Å². The van der Waals surface area contributed by atoms with E-state index in [4.69, 9.17) is 10.7 Å². The molecule has 0 saturated carbocycles. The Morgan fingerprint density at radius 1 is 1.06 bits per heavy atom. The third-order valence-corrected chi connectivity index (χ3v) is 5.93. The first-order valence-electron chi connectivity index (χ1n) is 11.1. The lowest BCUT2D eigenvalue weighted by Crippen LogP contribution is -2.33. The normalized spacial score (nSPS) is 12.2. The Hall–Kier alpha value is -4.46. The van der Waals surface area contributed by atoms with E-state index in [1.165, 1.54) is 0 Å². The molecule has 0 bridgehead atoms. The molecule has 0 radical (unpaired) electrons. The van der Waals surface area contributed by atoms with Crippen LogP contribution in [-0.4, -0.2) is 25.1 Å². The second-order valence-electron chi connectivity index (χ2n) is 8.10. The lowest BCUT2D eigenvalue weighted by atomic mass is 10.1. The molecule has 1 amide bonds. The van der Waals surface area contributed by atoms with Crippen LogP contribution in [0, 0.1) is 0 Å². The number of para-hydroxylation sites is 1. The molecule has 1 atom stereocenters. The highest BCUT2D eigenvalue weighted by molar-refractivity contribution is 6.05. The van der Waals surface area contributed by atoms with Crippen molar-refractivity contribution in [3.63, 3.8) is 0 Å². The summed E-state index contributed by atoms with van der Waals surface area (Å²) in [5.74, 6) is 0.179. The van der Waals surface area contributed by atoms with Crippen LogP contribution in [0.2, 0.25) is 0 Å². The molecule has 170 valence electrons. The number of carbonyl (C=O) groups is 1. The predicted molar refractivity (Wildman–Crippen MR) is 132 cm³/mol. The van der Waals surface area contributed by atoms with Gasteiger partial charge >= 0.3 is 0 Å². The first-order valence-corrected chi connectivity index (χ1v) is 11.1. The number of nitrogens with two attached hydrogens (primary N) is 1. The van der Waals surface area contributed by atoms with Crippen LogP contribution < -0.4 is 16.6 Å². The average Bonchev–Trinajstić information content (AvgIpc) is 3.19. The van der Waals surface area contributed by atoms with Crippen molar-refractivity contribution in [2.75, 3.05) is 5.73 Å². The third-order valence-electron chi connectivity index (χ3n) is 5.93. The monoisotopic (exact) mass is 452 g/mol. The number of fused-ring (bicyclic) bond motifs is 2. The number of pyridine rings is 1. The van der Waals surface area contributed by atoms with E-state index in [2.05, 4.69) is 10.4 Å². The molecule has 3 heterocycles. The molecule has 3 N–H and O–H groups in total. The van der Waals surface area contributed by atoms with E-state index >= 15 is 0 Å². The number of hydrogen-bond acceptors (Lipinski definition) is 5. The van der Waals surface area contributed by atoms with Gasteiger partial charge in [-0.05, 0) is 49.2 Å². The first kappa shape index (κ1) is 21.4. The Kier molecular flexibility index (Phi) is 5.33. The first-order chi connectivity index (χ1) is 16.5. The van der Waals surface area contributed by atoms with Crippen molar-refractivity contribution in [2.24, 2.45) is 0 Å². The van der Waals surface area contributed by atoms with Gasteiger partial charge in [0, 0.05) is 6.20 Å². The van der Waals surface area contributed by atoms with E-state index in [1.54, 1.807) is 28.3 Å². The van der Waals surface area contributed by atoms with E-state index in [-0.39, 0.29) is 22.8 Å². The molecular formula is C26H24N6O2. The minimum absolute atomic E-state index is 0.135. The second kappa shape index (κ2) is 8.47. The van der Waals surface area contributed by atoms with Crippen LogP contribution in [0.3, 0.4) is 0 Å².